The summed E-state index contributed by atoms with van der Waals surface area (Å²) in [4.78, 5) is 25.5. The molecule has 37 heavy (non-hydrogen) atoms. The number of hydrogen-bond acceptors (Lipinski definition) is 5. The van der Waals surface area contributed by atoms with Gasteiger partial charge in [-0.1, -0.05) is 61.5 Å². The van der Waals surface area contributed by atoms with Crippen LogP contribution in [0.2, 0.25) is 0 Å². The van der Waals surface area contributed by atoms with Gasteiger partial charge in [0.2, 0.25) is 5.91 Å². The number of carbonyl (C=O) groups excluding carboxylic acids is 2. The summed E-state index contributed by atoms with van der Waals surface area (Å²) in [5.41, 5.74) is 7.90. The first kappa shape index (κ1) is 26.0. The number of nitrogens with one attached hydrogen (secondary N) is 2. The number of hydrogen-bond donors (Lipinski definition) is 4. The summed E-state index contributed by atoms with van der Waals surface area (Å²) in [5, 5.41) is 18.0. The van der Waals surface area contributed by atoms with Crippen LogP contribution in [0.5, 0.6) is 5.75 Å². The third-order valence-electron chi connectivity index (χ3n) is 5.80. The lowest BCUT2D eigenvalue weighted by molar-refractivity contribution is -0.111. The number of phenols is 1. The predicted molar refractivity (Wildman–Crippen MR) is 155 cm³/mol. The molecule has 5 N–H and O–H groups in total. The quantitative estimate of drug-likeness (QED) is 0.104. The van der Waals surface area contributed by atoms with Crippen molar-refractivity contribution in [2.45, 2.75) is 13.0 Å². The molecule has 0 aliphatic rings. The van der Waals surface area contributed by atoms with Crippen molar-refractivity contribution in [3.8, 4) is 5.75 Å². The smallest absolute Gasteiger partial charge is 0.412 e. The molecule has 4 rings (SSSR count). The van der Waals surface area contributed by atoms with Crippen LogP contribution in [0.1, 0.15) is 18.6 Å². The molecule has 7 nitrogen and oxygen atoms in total. The predicted octanol–water partition coefficient (Wildman–Crippen LogP) is 6.85. The highest BCUT2D eigenvalue weighted by Crippen LogP contribution is 2.35. The fourth-order valence-electron chi connectivity index (χ4n) is 3.92. The van der Waals surface area contributed by atoms with Crippen molar-refractivity contribution in [3.63, 3.8) is 0 Å². The number of para-hydroxylation sites is 2. The number of ether oxygens (including phenoxy) is 1. The lowest BCUT2D eigenvalue weighted by Gasteiger charge is -2.24. The maximum Gasteiger partial charge on any atom is 0.412 e. The monoisotopic (exact) mass is 607 g/mol. The van der Waals surface area contributed by atoms with Gasteiger partial charge in [-0.25, -0.2) is 4.79 Å². The Kier molecular flexibility index (Phi) is 8.29. The van der Waals surface area contributed by atoms with Crippen LogP contribution in [0.4, 0.5) is 21.9 Å². The first-order valence-corrected chi connectivity index (χ1v) is 12.7. The second kappa shape index (κ2) is 11.8. The van der Waals surface area contributed by atoms with E-state index in [1.807, 2.05) is 36.4 Å². The topological polar surface area (TPSA) is 114 Å². The van der Waals surface area contributed by atoms with E-state index in [0.717, 1.165) is 14.3 Å². The van der Waals surface area contributed by atoms with Crippen LogP contribution < -0.4 is 16.4 Å². The number of halogens is 1. The number of amides is 2. The van der Waals surface area contributed by atoms with Crippen molar-refractivity contribution in [3.05, 3.63) is 106 Å². The Hall–Kier alpha value is -4.05. The van der Waals surface area contributed by atoms with Crippen LogP contribution in [-0.2, 0) is 9.53 Å². The third-order valence-corrected chi connectivity index (χ3v) is 6.47. The number of rotatable bonds is 7. The highest BCUT2D eigenvalue weighted by Gasteiger charge is 2.26. The minimum absolute atomic E-state index is 0.00913. The van der Waals surface area contributed by atoms with E-state index < -0.39 is 18.1 Å². The SMILES string of the molecule is C[C@@H](/C=C/C(=O)Nc1ccccc1N)[C@H](OC(=O)Nc1cccc2ccccc12)c1cc(I)ccc1O. The Morgan fingerprint density at radius 2 is 1.65 bits per heavy atom. The van der Waals surface area contributed by atoms with Crippen LogP contribution in [0.15, 0.2) is 97.1 Å². The van der Waals surface area contributed by atoms with Crippen LogP contribution in [0.3, 0.4) is 0 Å². The summed E-state index contributed by atoms with van der Waals surface area (Å²) >= 11 is 2.13. The van der Waals surface area contributed by atoms with E-state index >= 15 is 0 Å². The second-order valence-electron chi connectivity index (χ2n) is 8.48. The highest BCUT2D eigenvalue weighted by atomic mass is 127. The fraction of sp³-hybridized carbons (Fsp3) is 0.103. The summed E-state index contributed by atoms with van der Waals surface area (Å²) < 4.78 is 6.70. The van der Waals surface area contributed by atoms with Gasteiger partial charge in [-0.15, -0.1) is 0 Å². The molecule has 0 aliphatic heterocycles. The van der Waals surface area contributed by atoms with Gasteiger partial charge in [-0.3, -0.25) is 10.1 Å². The number of nitrogens with two attached hydrogens (primary N) is 1. The number of aromatic hydroxyl groups is 1. The van der Waals surface area contributed by atoms with E-state index in [4.69, 9.17) is 10.5 Å². The van der Waals surface area contributed by atoms with Crippen molar-refractivity contribution in [1.29, 1.82) is 0 Å². The molecule has 0 fully saturated rings. The number of phenolic OH excluding ortho intramolecular Hbond substituents is 1. The van der Waals surface area contributed by atoms with Crippen molar-refractivity contribution >= 4 is 62.4 Å². The third kappa shape index (κ3) is 6.59. The van der Waals surface area contributed by atoms with Gasteiger partial charge < -0.3 is 20.9 Å². The fourth-order valence-corrected chi connectivity index (χ4v) is 4.44. The molecule has 8 heteroatoms. The first-order valence-electron chi connectivity index (χ1n) is 11.6. The molecular weight excluding hydrogens is 581 g/mol. The van der Waals surface area contributed by atoms with E-state index in [9.17, 15) is 14.7 Å². The summed E-state index contributed by atoms with van der Waals surface area (Å²) in [6.45, 7) is 1.80. The normalized spacial score (nSPS) is 12.7. The molecule has 0 bridgehead atoms. The lowest BCUT2D eigenvalue weighted by Crippen LogP contribution is -2.22. The Morgan fingerprint density at radius 3 is 2.46 bits per heavy atom. The molecule has 0 radical (unpaired) electrons. The Bertz CT molecular complexity index is 1470. The van der Waals surface area contributed by atoms with Gasteiger partial charge in [0, 0.05) is 20.4 Å². The molecule has 2 amide bonds. The molecule has 2 atom stereocenters. The molecule has 0 heterocycles. The van der Waals surface area contributed by atoms with Crippen molar-refractivity contribution in [2.75, 3.05) is 16.4 Å². The average Bonchev–Trinajstić information content (AvgIpc) is 2.89. The van der Waals surface area contributed by atoms with Crippen LogP contribution in [0.25, 0.3) is 10.8 Å². The van der Waals surface area contributed by atoms with Crippen molar-refractivity contribution in [1.82, 2.24) is 0 Å². The molecular formula is C29H26IN3O4. The number of fused-ring (bicyclic) bond motifs is 1. The van der Waals surface area contributed by atoms with Gasteiger partial charge in [0.15, 0.2) is 0 Å². The summed E-state index contributed by atoms with van der Waals surface area (Å²) in [6.07, 6.45) is 1.45. The average molecular weight is 607 g/mol. The zero-order valence-corrected chi connectivity index (χ0v) is 22.2. The molecule has 0 saturated carbocycles. The van der Waals surface area contributed by atoms with Gasteiger partial charge in [0.1, 0.15) is 11.9 Å². The van der Waals surface area contributed by atoms with Gasteiger partial charge in [0.05, 0.1) is 17.1 Å². The number of nitrogen functional groups attached to an aromatic ring is 1. The van der Waals surface area contributed by atoms with Gasteiger partial charge >= 0.3 is 6.09 Å². The van der Waals surface area contributed by atoms with E-state index in [0.29, 0.717) is 22.6 Å². The minimum Gasteiger partial charge on any atom is -0.508 e. The Balaban J connectivity index is 1.55. The summed E-state index contributed by atoms with van der Waals surface area (Å²) in [5.74, 6) is -0.845. The standard InChI is InChI=1S/C29H26IN3O4/c1-18(13-16-27(35)32-25-11-5-4-10-23(25)31)28(22-17-20(30)14-15-26(22)34)37-29(36)33-24-12-6-8-19-7-2-3-9-21(19)24/h2-18,28,34H,31H2,1H3,(H,32,35)(H,33,36)/b16-13+/t18-,28-/m0/s1. The summed E-state index contributed by atoms with van der Waals surface area (Å²) in [7, 11) is 0. The number of benzene rings is 4. The first-order chi connectivity index (χ1) is 17.8. The van der Waals surface area contributed by atoms with Crippen LogP contribution in [0, 0.1) is 9.49 Å². The molecule has 0 aromatic heterocycles. The zero-order valence-electron chi connectivity index (χ0n) is 20.0. The Morgan fingerprint density at radius 1 is 0.946 bits per heavy atom. The van der Waals surface area contributed by atoms with Crippen molar-refractivity contribution < 1.29 is 19.4 Å². The molecule has 0 aliphatic carbocycles. The van der Waals surface area contributed by atoms with E-state index in [1.54, 1.807) is 61.5 Å². The van der Waals surface area contributed by atoms with E-state index in [1.165, 1.54) is 6.08 Å². The zero-order chi connectivity index (χ0) is 26.4. The lowest BCUT2D eigenvalue weighted by atomic mass is 9.96. The van der Waals surface area contributed by atoms with Gasteiger partial charge in [-0.2, -0.15) is 0 Å². The molecule has 0 unspecified atom stereocenters. The molecule has 0 spiro atoms. The maximum absolute atomic E-state index is 13.0. The molecule has 4 aromatic carbocycles. The minimum atomic E-state index is -0.865. The van der Waals surface area contributed by atoms with Gasteiger partial charge in [-0.05, 0) is 70.5 Å². The van der Waals surface area contributed by atoms with Gasteiger partial charge in [0.25, 0.3) is 0 Å². The molecule has 188 valence electrons. The van der Waals surface area contributed by atoms with Crippen molar-refractivity contribution in [2.24, 2.45) is 5.92 Å². The maximum atomic E-state index is 13.0. The number of anilines is 3. The van der Waals surface area contributed by atoms with E-state index in [2.05, 4.69) is 33.2 Å². The number of carbonyl (C=O) groups is 2. The molecule has 4 aromatic rings. The Labute approximate surface area is 228 Å². The van der Waals surface area contributed by atoms with Crippen LogP contribution in [-0.4, -0.2) is 17.1 Å². The van der Waals surface area contributed by atoms with E-state index in [-0.39, 0.29) is 11.7 Å². The second-order valence-corrected chi connectivity index (χ2v) is 9.72. The largest absolute Gasteiger partial charge is 0.508 e. The van der Waals surface area contributed by atoms with Crippen LogP contribution >= 0.6 is 22.6 Å². The summed E-state index contributed by atoms with van der Waals surface area (Å²) in [6, 6.07) is 25.3. The molecule has 0 saturated heterocycles. The highest BCUT2D eigenvalue weighted by molar-refractivity contribution is 14.1.